The predicted octanol–water partition coefficient (Wildman–Crippen LogP) is 3.18. The Kier molecular flexibility index (Phi) is 3.13. The van der Waals surface area contributed by atoms with Gasteiger partial charge in [-0.2, -0.15) is 0 Å². The maximum absolute atomic E-state index is 10.5. The van der Waals surface area contributed by atoms with Crippen LogP contribution < -0.4 is 9.47 Å². The Bertz CT molecular complexity index is 689. The summed E-state index contributed by atoms with van der Waals surface area (Å²) in [5.41, 5.74) is 2.83. The number of hydrogen-bond donors (Lipinski definition) is 1. The number of ether oxygens (including phenoxy) is 2. The standard InChI is InChI=1S/C16H12O4/c17-16(18)7-4-11-2-1-3-12(8-11)13-5-6-14-15(9-13)20-10-19-14/h1-9H,10H2,(H,17,18)/b7-4-. The smallest absolute Gasteiger partial charge is 0.328 e. The number of hydrogen-bond acceptors (Lipinski definition) is 3. The lowest BCUT2D eigenvalue weighted by Crippen LogP contribution is -1.92. The highest BCUT2D eigenvalue weighted by atomic mass is 16.7. The van der Waals surface area contributed by atoms with Crippen molar-refractivity contribution in [2.24, 2.45) is 0 Å². The molecule has 0 amide bonds. The maximum Gasteiger partial charge on any atom is 0.328 e. The van der Waals surface area contributed by atoms with Crippen LogP contribution in [0.4, 0.5) is 0 Å². The van der Waals surface area contributed by atoms with Crippen molar-refractivity contribution in [3.8, 4) is 22.6 Å². The van der Waals surface area contributed by atoms with Gasteiger partial charge in [-0.25, -0.2) is 4.79 Å². The number of benzene rings is 2. The summed E-state index contributed by atoms with van der Waals surface area (Å²) in [4.78, 5) is 10.5. The lowest BCUT2D eigenvalue weighted by Gasteiger charge is -2.04. The molecule has 0 fully saturated rings. The molecule has 1 heterocycles. The van der Waals surface area contributed by atoms with Crippen LogP contribution in [0, 0.1) is 0 Å². The summed E-state index contributed by atoms with van der Waals surface area (Å²) in [6, 6.07) is 13.4. The summed E-state index contributed by atoms with van der Waals surface area (Å²) >= 11 is 0. The van der Waals surface area contributed by atoms with Gasteiger partial charge in [0, 0.05) is 6.08 Å². The second kappa shape index (κ2) is 5.09. The zero-order chi connectivity index (χ0) is 13.9. The van der Waals surface area contributed by atoms with Crippen molar-refractivity contribution >= 4 is 12.0 Å². The van der Waals surface area contributed by atoms with Crippen molar-refractivity contribution in [1.82, 2.24) is 0 Å². The molecule has 0 atom stereocenters. The van der Waals surface area contributed by atoms with Gasteiger partial charge in [-0.3, -0.25) is 0 Å². The van der Waals surface area contributed by atoms with Crippen molar-refractivity contribution in [2.75, 3.05) is 6.79 Å². The molecule has 0 unspecified atom stereocenters. The van der Waals surface area contributed by atoms with E-state index in [9.17, 15) is 4.79 Å². The minimum absolute atomic E-state index is 0.250. The fraction of sp³-hybridized carbons (Fsp3) is 0.0625. The molecular weight excluding hydrogens is 256 g/mol. The first-order chi connectivity index (χ1) is 9.72. The van der Waals surface area contributed by atoms with Crippen molar-refractivity contribution in [2.45, 2.75) is 0 Å². The third-order valence-corrected chi connectivity index (χ3v) is 3.01. The summed E-state index contributed by atoms with van der Waals surface area (Å²) in [5.74, 6) is 0.517. The van der Waals surface area contributed by atoms with Crippen molar-refractivity contribution in [1.29, 1.82) is 0 Å². The molecule has 100 valence electrons. The van der Waals surface area contributed by atoms with Gasteiger partial charge in [0.2, 0.25) is 6.79 Å². The van der Waals surface area contributed by atoms with Gasteiger partial charge < -0.3 is 14.6 Å². The molecule has 0 aromatic heterocycles. The van der Waals surface area contributed by atoms with Crippen LogP contribution in [0.3, 0.4) is 0 Å². The van der Waals surface area contributed by atoms with E-state index in [0.717, 1.165) is 34.3 Å². The van der Waals surface area contributed by atoms with Crippen molar-refractivity contribution < 1.29 is 19.4 Å². The molecule has 20 heavy (non-hydrogen) atoms. The molecule has 0 bridgehead atoms. The second-order valence-electron chi connectivity index (χ2n) is 4.37. The zero-order valence-corrected chi connectivity index (χ0v) is 10.6. The number of aliphatic carboxylic acids is 1. The van der Waals surface area contributed by atoms with Crippen LogP contribution in [-0.4, -0.2) is 17.9 Å². The van der Waals surface area contributed by atoms with Crippen molar-refractivity contribution in [3.63, 3.8) is 0 Å². The maximum atomic E-state index is 10.5. The fourth-order valence-corrected chi connectivity index (χ4v) is 2.07. The van der Waals surface area contributed by atoms with E-state index < -0.39 is 5.97 Å². The van der Waals surface area contributed by atoms with E-state index in [-0.39, 0.29) is 6.79 Å². The quantitative estimate of drug-likeness (QED) is 0.869. The molecule has 1 aliphatic heterocycles. The molecule has 1 aliphatic rings. The average Bonchev–Trinajstić information content (AvgIpc) is 2.93. The Morgan fingerprint density at radius 3 is 2.70 bits per heavy atom. The van der Waals surface area contributed by atoms with E-state index >= 15 is 0 Å². The molecule has 0 aliphatic carbocycles. The van der Waals surface area contributed by atoms with E-state index in [2.05, 4.69) is 0 Å². The second-order valence-corrected chi connectivity index (χ2v) is 4.37. The van der Waals surface area contributed by atoms with E-state index in [1.54, 1.807) is 6.08 Å². The largest absolute Gasteiger partial charge is 0.478 e. The number of fused-ring (bicyclic) bond motifs is 1. The fourth-order valence-electron chi connectivity index (χ4n) is 2.07. The number of carboxylic acid groups (broad SMARTS) is 1. The highest BCUT2D eigenvalue weighted by Gasteiger charge is 2.13. The molecule has 2 aromatic carbocycles. The molecule has 0 saturated heterocycles. The lowest BCUT2D eigenvalue weighted by atomic mass is 10.0. The topological polar surface area (TPSA) is 55.8 Å². The summed E-state index contributed by atoms with van der Waals surface area (Å²) in [5, 5.41) is 8.65. The third-order valence-electron chi connectivity index (χ3n) is 3.01. The lowest BCUT2D eigenvalue weighted by molar-refractivity contribution is -0.131. The van der Waals surface area contributed by atoms with Gasteiger partial charge >= 0.3 is 5.97 Å². The highest BCUT2D eigenvalue weighted by molar-refractivity contribution is 5.85. The van der Waals surface area contributed by atoms with E-state index in [4.69, 9.17) is 14.6 Å². The van der Waals surface area contributed by atoms with Crippen molar-refractivity contribution in [3.05, 3.63) is 54.1 Å². The van der Waals surface area contributed by atoms with Gasteiger partial charge in [0.25, 0.3) is 0 Å². The number of carbonyl (C=O) groups is 1. The predicted molar refractivity (Wildman–Crippen MR) is 74.7 cm³/mol. The van der Waals surface area contributed by atoms with Gasteiger partial charge in [0.1, 0.15) is 0 Å². The average molecular weight is 268 g/mol. The molecular formula is C16H12O4. The van der Waals surface area contributed by atoms with Crippen LogP contribution >= 0.6 is 0 Å². The monoisotopic (exact) mass is 268 g/mol. The first kappa shape index (κ1) is 12.3. The molecule has 0 radical (unpaired) electrons. The Labute approximate surface area is 115 Å². The van der Waals surface area contributed by atoms with Crippen LogP contribution in [0.5, 0.6) is 11.5 Å². The zero-order valence-electron chi connectivity index (χ0n) is 10.6. The number of rotatable bonds is 3. The SMILES string of the molecule is O=C(O)/C=C\c1cccc(-c2ccc3c(c2)OCO3)c1. The van der Waals surface area contributed by atoms with Crippen LogP contribution in [0.15, 0.2) is 48.5 Å². The summed E-state index contributed by atoms with van der Waals surface area (Å²) in [6.07, 6.45) is 2.69. The van der Waals surface area contributed by atoms with Gasteiger partial charge in [0.05, 0.1) is 0 Å². The molecule has 2 aromatic rings. The molecule has 4 heteroatoms. The Morgan fingerprint density at radius 2 is 1.85 bits per heavy atom. The molecule has 0 spiro atoms. The van der Waals surface area contributed by atoms with Crippen LogP contribution in [-0.2, 0) is 4.79 Å². The number of carboxylic acids is 1. The van der Waals surface area contributed by atoms with Crippen LogP contribution in [0.1, 0.15) is 5.56 Å². The van der Waals surface area contributed by atoms with Gasteiger partial charge in [-0.15, -0.1) is 0 Å². The summed E-state index contributed by atoms with van der Waals surface area (Å²) < 4.78 is 10.6. The van der Waals surface area contributed by atoms with Crippen LogP contribution in [0.25, 0.3) is 17.2 Å². The van der Waals surface area contributed by atoms with Gasteiger partial charge in [0.15, 0.2) is 11.5 Å². The molecule has 3 rings (SSSR count). The summed E-state index contributed by atoms with van der Waals surface area (Å²) in [6.45, 7) is 0.250. The summed E-state index contributed by atoms with van der Waals surface area (Å²) in [7, 11) is 0. The normalized spacial score (nSPS) is 12.8. The molecule has 4 nitrogen and oxygen atoms in total. The highest BCUT2D eigenvalue weighted by Crippen LogP contribution is 2.36. The Hall–Kier alpha value is -2.75. The minimum atomic E-state index is -0.960. The Morgan fingerprint density at radius 1 is 1.05 bits per heavy atom. The van der Waals surface area contributed by atoms with Gasteiger partial charge in [-0.05, 0) is 41.0 Å². The first-order valence-corrected chi connectivity index (χ1v) is 6.13. The minimum Gasteiger partial charge on any atom is -0.478 e. The van der Waals surface area contributed by atoms with Crippen LogP contribution in [0.2, 0.25) is 0 Å². The molecule has 1 N–H and O–H groups in total. The Balaban J connectivity index is 1.94. The van der Waals surface area contributed by atoms with E-state index in [1.165, 1.54) is 0 Å². The van der Waals surface area contributed by atoms with E-state index in [0.29, 0.717) is 0 Å². The van der Waals surface area contributed by atoms with Gasteiger partial charge in [-0.1, -0.05) is 24.3 Å². The molecule has 0 saturated carbocycles. The third kappa shape index (κ3) is 2.49. The first-order valence-electron chi connectivity index (χ1n) is 6.13. The van der Waals surface area contributed by atoms with E-state index in [1.807, 2.05) is 42.5 Å².